The van der Waals surface area contributed by atoms with Gasteiger partial charge in [0.1, 0.15) is 0 Å². The number of carboxylic acid groups (broad SMARTS) is 1. The molecule has 6 heteroatoms. The lowest BCUT2D eigenvalue weighted by Gasteiger charge is -2.34. The highest BCUT2D eigenvalue weighted by atomic mass is 19.4. The number of alkyl halides is 3. The number of aromatic carboxylic acids is 1. The minimum absolute atomic E-state index is 0.111. The van der Waals surface area contributed by atoms with Gasteiger partial charge < -0.3 is 10.4 Å². The molecule has 1 aromatic carbocycles. The summed E-state index contributed by atoms with van der Waals surface area (Å²) in [5.74, 6) is -2.45. The van der Waals surface area contributed by atoms with Crippen LogP contribution in [0.3, 0.4) is 0 Å². The molecule has 0 saturated heterocycles. The molecule has 3 nitrogen and oxygen atoms in total. The lowest BCUT2D eigenvalue weighted by atomic mass is 9.83. The van der Waals surface area contributed by atoms with Gasteiger partial charge in [-0.25, -0.2) is 4.79 Å². The molecule has 2 unspecified atom stereocenters. The van der Waals surface area contributed by atoms with Gasteiger partial charge in [0.25, 0.3) is 0 Å². The van der Waals surface area contributed by atoms with Crippen molar-refractivity contribution in [2.45, 2.75) is 44.8 Å². The molecule has 1 aliphatic carbocycles. The summed E-state index contributed by atoms with van der Waals surface area (Å²) < 4.78 is 39.2. The number of hydrogen-bond donors (Lipinski definition) is 2. The third-order valence-electron chi connectivity index (χ3n) is 4.09. The first kappa shape index (κ1) is 15.7. The smallest absolute Gasteiger partial charge is 0.393 e. The summed E-state index contributed by atoms with van der Waals surface area (Å²) in [7, 11) is 0. The number of hydrogen-bond acceptors (Lipinski definition) is 2. The SMILES string of the molecule is Cc1c(NC2CCCCC2C(F)(F)F)cccc1C(=O)O. The van der Waals surface area contributed by atoms with Gasteiger partial charge in [0.15, 0.2) is 0 Å². The van der Waals surface area contributed by atoms with E-state index in [0.717, 1.165) is 6.42 Å². The van der Waals surface area contributed by atoms with E-state index in [1.807, 2.05) is 0 Å². The number of benzene rings is 1. The minimum Gasteiger partial charge on any atom is -0.478 e. The van der Waals surface area contributed by atoms with Crippen LogP contribution in [0.5, 0.6) is 0 Å². The Morgan fingerprint density at radius 2 is 1.95 bits per heavy atom. The van der Waals surface area contributed by atoms with E-state index >= 15 is 0 Å². The number of nitrogens with one attached hydrogen (secondary N) is 1. The van der Waals surface area contributed by atoms with E-state index in [2.05, 4.69) is 5.32 Å². The first-order chi connectivity index (χ1) is 9.80. The van der Waals surface area contributed by atoms with E-state index in [4.69, 9.17) is 5.11 Å². The maximum Gasteiger partial charge on any atom is 0.393 e. The molecule has 21 heavy (non-hydrogen) atoms. The molecule has 0 aromatic heterocycles. The monoisotopic (exact) mass is 301 g/mol. The molecule has 2 N–H and O–H groups in total. The molecular formula is C15H18F3NO2. The lowest BCUT2D eigenvalue weighted by molar-refractivity contribution is -0.184. The highest BCUT2D eigenvalue weighted by Gasteiger charge is 2.45. The second-order valence-electron chi connectivity index (χ2n) is 5.47. The summed E-state index contributed by atoms with van der Waals surface area (Å²) in [6, 6.07) is 3.93. The van der Waals surface area contributed by atoms with Gasteiger partial charge in [0.2, 0.25) is 0 Å². The van der Waals surface area contributed by atoms with Crippen LogP contribution in [0.15, 0.2) is 18.2 Å². The van der Waals surface area contributed by atoms with E-state index in [-0.39, 0.29) is 12.0 Å². The fourth-order valence-electron chi connectivity index (χ4n) is 2.92. The van der Waals surface area contributed by atoms with Crippen molar-refractivity contribution in [3.63, 3.8) is 0 Å². The van der Waals surface area contributed by atoms with Crippen LogP contribution in [0.1, 0.15) is 41.6 Å². The van der Waals surface area contributed by atoms with Crippen LogP contribution in [-0.2, 0) is 0 Å². The first-order valence-electron chi connectivity index (χ1n) is 6.97. The van der Waals surface area contributed by atoms with Gasteiger partial charge in [-0.15, -0.1) is 0 Å². The highest BCUT2D eigenvalue weighted by molar-refractivity contribution is 5.91. The van der Waals surface area contributed by atoms with Crippen LogP contribution in [0.4, 0.5) is 18.9 Å². The molecular weight excluding hydrogens is 283 g/mol. The van der Waals surface area contributed by atoms with Crippen molar-refractivity contribution >= 4 is 11.7 Å². The maximum absolute atomic E-state index is 13.1. The van der Waals surface area contributed by atoms with Crippen LogP contribution in [0.25, 0.3) is 0 Å². The molecule has 0 spiro atoms. The summed E-state index contributed by atoms with van der Waals surface area (Å²) in [5.41, 5.74) is 1.05. The number of rotatable bonds is 3. The molecule has 0 heterocycles. The summed E-state index contributed by atoms with van der Waals surface area (Å²) in [4.78, 5) is 11.1. The third kappa shape index (κ3) is 3.49. The summed E-state index contributed by atoms with van der Waals surface area (Å²) >= 11 is 0. The van der Waals surface area contributed by atoms with Crippen LogP contribution in [-0.4, -0.2) is 23.3 Å². The quantitative estimate of drug-likeness (QED) is 0.878. The van der Waals surface area contributed by atoms with Crippen molar-refractivity contribution in [2.75, 3.05) is 5.32 Å². The zero-order valence-electron chi connectivity index (χ0n) is 11.7. The van der Waals surface area contributed by atoms with Gasteiger partial charge in [-0.3, -0.25) is 0 Å². The van der Waals surface area contributed by atoms with Crippen LogP contribution >= 0.6 is 0 Å². The normalized spacial score (nSPS) is 22.9. The zero-order chi connectivity index (χ0) is 15.6. The Morgan fingerprint density at radius 1 is 1.29 bits per heavy atom. The molecule has 0 aliphatic heterocycles. The average molecular weight is 301 g/mol. The number of halogens is 3. The van der Waals surface area contributed by atoms with Crippen molar-refractivity contribution < 1.29 is 23.1 Å². The summed E-state index contributed by atoms with van der Waals surface area (Å²) in [5, 5.41) is 12.0. The molecule has 2 atom stereocenters. The molecule has 0 bridgehead atoms. The molecule has 1 aliphatic rings. The van der Waals surface area contributed by atoms with Crippen molar-refractivity contribution in [3.05, 3.63) is 29.3 Å². The van der Waals surface area contributed by atoms with Crippen LogP contribution in [0.2, 0.25) is 0 Å². The standard InChI is InChI=1S/C15H18F3NO2/c1-9-10(14(20)21)5-4-8-12(9)19-13-7-3-2-6-11(13)15(16,17)18/h4-5,8,11,13,19H,2-3,6-7H2,1H3,(H,20,21). The van der Waals surface area contributed by atoms with Gasteiger partial charge >= 0.3 is 12.1 Å². The first-order valence-corrected chi connectivity index (χ1v) is 6.97. The number of carboxylic acids is 1. The number of carbonyl (C=O) groups is 1. The fraction of sp³-hybridized carbons (Fsp3) is 0.533. The lowest BCUT2D eigenvalue weighted by Crippen LogP contribution is -2.41. The van der Waals surface area contributed by atoms with Crippen molar-refractivity contribution in [3.8, 4) is 0 Å². The maximum atomic E-state index is 13.1. The fourth-order valence-corrected chi connectivity index (χ4v) is 2.92. The largest absolute Gasteiger partial charge is 0.478 e. The molecule has 0 radical (unpaired) electrons. The number of anilines is 1. The predicted molar refractivity (Wildman–Crippen MR) is 73.6 cm³/mol. The average Bonchev–Trinajstić information content (AvgIpc) is 2.40. The van der Waals surface area contributed by atoms with Crippen LogP contribution < -0.4 is 5.32 Å². The highest BCUT2D eigenvalue weighted by Crippen LogP contribution is 2.39. The molecule has 0 amide bonds. The topological polar surface area (TPSA) is 49.3 Å². The van der Waals surface area contributed by atoms with E-state index in [1.165, 1.54) is 6.07 Å². The minimum atomic E-state index is -4.23. The van der Waals surface area contributed by atoms with E-state index < -0.39 is 24.1 Å². The van der Waals surface area contributed by atoms with Gasteiger partial charge in [-0.2, -0.15) is 13.2 Å². The van der Waals surface area contributed by atoms with Gasteiger partial charge in [-0.05, 0) is 37.5 Å². The van der Waals surface area contributed by atoms with Crippen molar-refractivity contribution in [1.29, 1.82) is 0 Å². The Labute approximate surface area is 121 Å². The predicted octanol–water partition coefficient (Wildman–Crippen LogP) is 4.23. The van der Waals surface area contributed by atoms with E-state index in [9.17, 15) is 18.0 Å². The van der Waals surface area contributed by atoms with Crippen molar-refractivity contribution in [1.82, 2.24) is 0 Å². The molecule has 2 rings (SSSR count). The second kappa shape index (κ2) is 5.95. The Balaban J connectivity index is 2.24. The molecule has 1 aromatic rings. The molecule has 1 saturated carbocycles. The van der Waals surface area contributed by atoms with Crippen molar-refractivity contribution in [2.24, 2.45) is 5.92 Å². The van der Waals surface area contributed by atoms with E-state index in [0.29, 0.717) is 24.1 Å². The Morgan fingerprint density at radius 3 is 2.57 bits per heavy atom. The molecule has 116 valence electrons. The van der Waals surface area contributed by atoms with Gasteiger partial charge in [0, 0.05) is 11.7 Å². The van der Waals surface area contributed by atoms with Crippen LogP contribution in [0, 0.1) is 12.8 Å². The Kier molecular flexibility index (Phi) is 4.44. The summed E-state index contributed by atoms with van der Waals surface area (Å²) in [6.45, 7) is 1.61. The van der Waals surface area contributed by atoms with E-state index in [1.54, 1.807) is 19.1 Å². The summed E-state index contributed by atoms with van der Waals surface area (Å²) in [6.07, 6.45) is -2.32. The Bertz CT molecular complexity index is 528. The third-order valence-corrected chi connectivity index (χ3v) is 4.09. The zero-order valence-corrected chi connectivity index (χ0v) is 11.7. The second-order valence-corrected chi connectivity index (χ2v) is 5.47. The van der Waals surface area contributed by atoms with Gasteiger partial charge in [0.05, 0.1) is 11.5 Å². The molecule has 1 fully saturated rings. The van der Waals surface area contributed by atoms with Gasteiger partial charge in [-0.1, -0.05) is 18.9 Å². The Hall–Kier alpha value is -1.72.